The molecule has 1 saturated carbocycles. The van der Waals surface area contributed by atoms with E-state index in [2.05, 4.69) is 12.7 Å². The molecule has 0 N–H and O–H groups in total. The molecule has 1 fully saturated rings. The third-order valence-electron chi connectivity index (χ3n) is 3.13. The Balaban J connectivity index is 2.17. The Morgan fingerprint density at radius 2 is 2.64 bits per heavy atom. The average Bonchev–Trinajstić information content (AvgIpc) is 2.15. The van der Waals surface area contributed by atoms with Crippen LogP contribution in [0.1, 0.15) is 25.7 Å². The maximum atomic E-state index is 5.86. The van der Waals surface area contributed by atoms with E-state index in [-0.39, 0.29) is 0 Å². The predicted molar refractivity (Wildman–Crippen MR) is 48.7 cm³/mol. The van der Waals surface area contributed by atoms with Gasteiger partial charge in [0.25, 0.3) is 0 Å². The Morgan fingerprint density at radius 1 is 1.82 bits per heavy atom. The minimum Gasteiger partial charge on any atom is -0.103 e. The second kappa shape index (κ2) is 2.26. The molecular weight excluding hydrogens is 131 g/mol. The molecule has 0 aromatic rings. The second-order valence-corrected chi connectivity index (χ2v) is 3.83. The first-order chi connectivity index (χ1) is 5.27. The van der Waals surface area contributed by atoms with Gasteiger partial charge in [-0.2, -0.15) is 0 Å². The molecule has 2 unspecified atom stereocenters. The maximum absolute atomic E-state index is 5.86. The Kier molecular flexibility index (Phi) is 1.48. The second-order valence-electron chi connectivity index (χ2n) is 3.83. The highest BCUT2D eigenvalue weighted by molar-refractivity contribution is 6.13. The first-order valence-corrected chi connectivity index (χ1v) is 4.34. The number of hydrogen-bond donors (Lipinski definition) is 0. The van der Waals surface area contributed by atoms with E-state index >= 15 is 0 Å². The zero-order valence-electron chi connectivity index (χ0n) is 6.84. The highest BCUT2D eigenvalue weighted by Crippen LogP contribution is 2.58. The lowest BCUT2D eigenvalue weighted by atomic mass is 9.62. The number of fused-ring (bicyclic) bond motifs is 1. The van der Waals surface area contributed by atoms with Crippen LogP contribution in [0.3, 0.4) is 0 Å². The molecule has 0 amide bonds. The molecule has 2 radical (unpaired) electrons. The SMILES string of the molecule is [B]C1C=C2CCC2(CC=C)C1. The maximum Gasteiger partial charge on any atom is 0.0755 e. The van der Waals surface area contributed by atoms with Crippen molar-refractivity contribution in [3.63, 3.8) is 0 Å². The molecule has 56 valence electrons. The smallest absolute Gasteiger partial charge is 0.0755 e. The topological polar surface area (TPSA) is 0 Å². The van der Waals surface area contributed by atoms with Crippen LogP contribution in [0.5, 0.6) is 0 Å². The Morgan fingerprint density at radius 3 is 3.09 bits per heavy atom. The van der Waals surface area contributed by atoms with Gasteiger partial charge in [0.1, 0.15) is 0 Å². The molecule has 0 saturated heterocycles. The highest BCUT2D eigenvalue weighted by Gasteiger charge is 2.44. The van der Waals surface area contributed by atoms with Gasteiger partial charge in [-0.05, 0) is 31.1 Å². The molecule has 2 atom stereocenters. The molecule has 0 heterocycles. The van der Waals surface area contributed by atoms with Crippen molar-refractivity contribution < 1.29 is 0 Å². The van der Waals surface area contributed by atoms with Crippen LogP contribution in [0.2, 0.25) is 5.82 Å². The summed E-state index contributed by atoms with van der Waals surface area (Å²) in [5.41, 5.74) is 2.08. The molecule has 0 spiro atoms. The fraction of sp³-hybridized carbons (Fsp3) is 0.600. The van der Waals surface area contributed by atoms with Crippen LogP contribution >= 0.6 is 0 Å². The van der Waals surface area contributed by atoms with E-state index < -0.39 is 0 Å². The van der Waals surface area contributed by atoms with E-state index in [1.807, 2.05) is 6.08 Å². The van der Waals surface area contributed by atoms with E-state index in [0.29, 0.717) is 11.2 Å². The number of hydrogen-bond acceptors (Lipinski definition) is 0. The third-order valence-corrected chi connectivity index (χ3v) is 3.13. The van der Waals surface area contributed by atoms with Gasteiger partial charge in [0.05, 0.1) is 7.85 Å². The first-order valence-electron chi connectivity index (χ1n) is 4.34. The minimum atomic E-state index is 0.326. The molecule has 2 aliphatic rings. The molecule has 0 aromatic carbocycles. The molecule has 0 aliphatic heterocycles. The highest BCUT2D eigenvalue weighted by atomic mass is 14.5. The standard InChI is InChI=1S/C10H13B/c1-2-4-10-5-3-8(10)6-9(11)7-10/h2,6,9H,1,3-5,7H2. The van der Waals surface area contributed by atoms with E-state index in [1.54, 1.807) is 5.57 Å². The number of rotatable bonds is 2. The molecule has 2 rings (SSSR count). The van der Waals surface area contributed by atoms with Crippen molar-refractivity contribution in [1.29, 1.82) is 0 Å². The van der Waals surface area contributed by atoms with Crippen LogP contribution in [-0.4, -0.2) is 7.85 Å². The van der Waals surface area contributed by atoms with E-state index in [4.69, 9.17) is 7.85 Å². The summed E-state index contributed by atoms with van der Waals surface area (Å²) in [5.74, 6) is 0.326. The van der Waals surface area contributed by atoms with Crippen LogP contribution in [0, 0.1) is 5.41 Å². The van der Waals surface area contributed by atoms with Crippen LogP contribution in [-0.2, 0) is 0 Å². The summed E-state index contributed by atoms with van der Waals surface area (Å²) >= 11 is 0. The van der Waals surface area contributed by atoms with E-state index in [1.165, 1.54) is 12.8 Å². The van der Waals surface area contributed by atoms with Crippen LogP contribution < -0.4 is 0 Å². The minimum absolute atomic E-state index is 0.326. The van der Waals surface area contributed by atoms with Crippen molar-refractivity contribution in [3.05, 3.63) is 24.3 Å². The molecule has 11 heavy (non-hydrogen) atoms. The van der Waals surface area contributed by atoms with Crippen molar-refractivity contribution in [3.8, 4) is 0 Å². The summed E-state index contributed by atoms with van der Waals surface area (Å²) in [7, 11) is 5.86. The lowest BCUT2D eigenvalue weighted by Crippen LogP contribution is -2.28. The zero-order valence-corrected chi connectivity index (χ0v) is 6.84. The lowest BCUT2D eigenvalue weighted by molar-refractivity contribution is 0.246. The lowest BCUT2D eigenvalue weighted by Gasteiger charge is -2.41. The van der Waals surface area contributed by atoms with Gasteiger partial charge >= 0.3 is 0 Å². The van der Waals surface area contributed by atoms with E-state index in [9.17, 15) is 0 Å². The van der Waals surface area contributed by atoms with Gasteiger partial charge in [0.15, 0.2) is 0 Å². The van der Waals surface area contributed by atoms with Crippen molar-refractivity contribution in [1.82, 2.24) is 0 Å². The quantitative estimate of drug-likeness (QED) is 0.412. The third kappa shape index (κ3) is 0.902. The largest absolute Gasteiger partial charge is 0.103 e. The average molecular weight is 144 g/mol. The predicted octanol–water partition coefficient (Wildman–Crippen LogP) is 2.63. The van der Waals surface area contributed by atoms with Crippen molar-refractivity contribution in [2.45, 2.75) is 31.5 Å². The van der Waals surface area contributed by atoms with Crippen molar-refractivity contribution >= 4 is 7.85 Å². The van der Waals surface area contributed by atoms with Gasteiger partial charge in [0, 0.05) is 0 Å². The Bertz CT molecular complexity index is 217. The van der Waals surface area contributed by atoms with Crippen LogP contribution in [0.4, 0.5) is 0 Å². The van der Waals surface area contributed by atoms with Crippen LogP contribution in [0.15, 0.2) is 24.3 Å². The molecule has 2 aliphatic carbocycles. The fourth-order valence-electron chi connectivity index (χ4n) is 2.48. The normalized spacial score (nSPS) is 40.7. The Labute approximate surface area is 69.8 Å². The Hall–Kier alpha value is -0.455. The monoisotopic (exact) mass is 144 g/mol. The summed E-state index contributed by atoms with van der Waals surface area (Å²) in [6, 6.07) is 0. The van der Waals surface area contributed by atoms with E-state index in [0.717, 1.165) is 12.8 Å². The van der Waals surface area contributed by atoms with Gasteiger partial charge in [-0.1, -0.05) is 23.5 Å². The van der Waals surface area contributed by atoms with Gasteiger partial charge in [0.2, 0.25) is 0 Å². The van der Waals surface area contributed by atoms with Gasteiger partial charge in [-0.15, -0.1) is 6.58 Å². The summed E-state index contributed by atoms with van der Waals surface area (Å²) < 4.78 is 0. The summed E-state index contributed by atoms with van der Waals surface area (Å²) in [6.45, 7) is 3.79. The first kappa shape index (κ1) is 7.21. The zero-order chi connectivity index (χ0) is 7.90. The van der Waals surface area contributed by atoms with Gasteiger partial charge < -0.3 is 0 Å². The van der Waals surface area contributed by atoms with Crippen molar-refractivity contribution in [2.75, 3.05) is 0 Å². The number of allylic oxidation sites excluding steroid dienone is 3. The summed E-state index contributed by atoms with van der Waals surface area (Å²) in [6.07, 6.45) is 9.19. The summed E-state index contributed by atoms with van der Waals surface area (Å²) in [4.78, 5) is 0. The van der Waals surface area contributed by atoms with Crippen LogP contribution in [0.25, 0.3) is 0 Å². The molecule has 0 bridgehead atoms. The van der Waals surface area contributed by atoms with Gasteiger partial charge in [-0.25, -0.2) is 0 Å². The van der Waals surface area contributed by atoms with Gasteiger partial charge in [-0.3, -0.25) is 0 Å². The molecule has 1 heteroatoms. The summed E-state index contributed by atoms with van der Waals surface area (Å²) in [5, 5.41) is 0. The fourth-order valence-corrected chi connectivity index (χ4v) is 2.48. The molecular formula is C10H13B. The molecule has 0 nitrogen and oxygen atoms in total. The molecule has 0 aromatic heterocycles. The van der Waals surface area contributed by atoms with Crippen molar-refractivity contribution in [2.24, 2.45) is 5.41 Å².